The summed E-state index contributed by atoms with van der Waals surface area (Å²) in [5, 5.41) is 3.38. The molecule has 0 saturated heterocycles. The van der Waals surface area contributed by atoms with Crippen LogP contribution in [0.4, 0.5) is 0 Å². The molecule has 63 heavy (non-hydrogen) atoms. The summed E-state index contributed by atoms with van der Waals surface area (Å²) in [5.74, 6) is 0.490. The summed E-state index contributed by atoms with van der Waals surface area (Å²) >= 11 is 0. The lowest BCUT2D eigenvalue weighted by atomic mass is 9.73. The van der Waals surface area contributed by atoms with Crippen molar-refractivity contribution >= 4 is 11.8 Å². The van der Waals surface area contributed by atoms with Crippen LogP contribution in [0.25, 0.3) is 0 Å². The second-order valence-electron chi connectivity index (χ2n) is 20.4. The van der Waals surface area contributed by atoms with E-state index in [0.717, 1.165) is 96.7 Å². The maximum absolute atomic E-state index is 14.9. The SMILES string of the molecule is CCCCC/C=C\C/C=C\CCCCCCCNC(=O)C1(N(CCCCN(C)C)C(=O)C(CCCCCCCCCCCCCC)CCCCCCCCCCCCCC)CCC1. The molecule has 2 amide bonds. The van der Waals surface area contributed by atoms with Gasteiger partial charge in [0.15, 0.2) is 0 Å². The van der Waals surface area contributed by atoms with Crippen LogP contribution in [0.1, 0.15) is 290 Å². The molecule has 5 heteroatoms. The maximum atomic E-state index is 14.9. The van der Waals surface area contributed by atoms with Gasteiger partial charge in [0, 0.05) is 19.0 Å². The average Bonchev–Trinajstić information content (AvgIpc) is 3.26. The second kappa shape index (κ2) is 44.2. The fourth-order valence-electron chi connectivity index (χ4n) is 9.74. The van der Waals surface area contributed by atoms with Crippen molar-refractivity contribution in [2.45, 2.75) is 296 Å². The van der Waals surface area contributed by atoms with Gasteiger partial charge < -0.3 is 15.1 Å². The minimum Gasteiger partial charge on any atom is -0.354 e. The van der Waals surface area contributed by atoms with Gasteiger partial charge in [-0.15, -0.1) is 0 Å². The van der Waals surface area contributed by atoms with E-state index in [9.17, 15) is 9.59 Å². The Bertz CT molecular complexity index is 1040. The first-order valence-corrected chi connectivity index (χ1v) is 28.5. The summed E-state index contributed by atoms with van der Waals surface area (Å²) in [5.41, 5.74) is -0.641. The predicted octanol–water partition coefficient (Wildman–Crippen LogP) is 17.4. The first kappa shape index (κ1) is 59.4. The van der Waals surface area contributed by atoms with E-state index in [-0.39, 0.29) is 11.8 Å². The van der Waals surface area contributed by atoms with Crippen LogP contribution in [-0.4, -0.2) is 60.9 Å². The molecule has 1 aliphatic carbocycles. The molecule has 0 atom stereocenters. The van der Waals surface area contributed by atoms with Crippen molar-refractivity contribution in [3.63, 3.8) is 0 Å². The zero-order chi connectivity index (χ0) is 45.7. The van der Waals surface area contributed by atoms with E-state index in [1.807, 2.05) is 0 Å². The molecule has 1 N–H and O–H groups in total. The van der Waals surface area contributed by atoms with Crippen LogP contribution in [0.5, 0.6) is 0 Å². The Morgan fingerprint density at radius 2 is 0.857 bits per heavy atom. The van der Waals surface area contributed by atoms with Crippen LogP contribution in [0.15, 0.2) is 24.3 Å². The van der Waals surface area contributed by atoms with E-state index in [2.05, 4.69) is 74.3 Å². The third kappa shape index (κ3) is 32.7. The number of nitrogens with zero attached hydrogens (tertiary/aromatic N) is 2. The second-order valence-corrected chi connectivity index (χ2v) is 20.4. The van der Waals surface area contributed by atoms with Crippen LogP contribution in [-0.2, 0) is 9.59 Å². The number of rotatable bonds is 48. The molecule has 370 valence electrons. The van der Waals surface area contributed by atoms with E-state index >= 15 is 0 Å². The topological polar surface area (TPSA) is 52.7 Å². The minimum atomic E-state index is -0.641. The van der Waals surface area contributed by atoms with Crippen LogP contribution >= 0.6 is 0 Å². The van der Waals surface area contributed by atoms with E-state index < -0.39 is 5.54 Å². The lowest BCUT2D eigenvalue weighted by Gasteiger charge is -2.50. The molecule has 0 unspecified atom stereocenters. The number of allylic oxidation sites excluding steroid dienone is 4. The molecule has 1 aliphatic rings. The molecule has 0 bridgehead atoms. The quantitative estimate of drug-likeness (QED) is 0.0489. The Morgan fingerprint density at radius 3 is 1.29 bits per heavy atom. The van der Waals surface area contributed by atoms with Crippen molar-refractivity contribution in [2.75, 3.05) is 33.7 Å². The smallest absolute Gasteiger partial charge is 0.245 e. The molecule has 0 aliphatic heterocycles. The van der Waals surface area contributed by atoms with E-state index in [0.29, 0.717) is 5.91 Å². The lowest BCUT2D eigenvalue weighted by molar-refractivity contribution is -0.157. The molecular weight excluding hydrogens is 771 g/mol. The number of nitrogens with one attached hydrogen (secondary N) is 1. The first-order chi connectivity index (χ1) is 30.9. The van der Waals surface area contributed by atoms with Crippen LogP contribution < -0.4 is 5.32 Å². The van der Waals surface area contributed by atoms with E-state index in [1.165, 1.54) is 193 Å². The highest BCUT2D eigenvalue weighted by Crippen LogP contribution is 2.40. The summed E-state index contributed by atoms with van der Waals surface area (Å²) in [4.78, 5) is 33.6. The monoisotopic (exact) mass is 882 g/mol. The third-order valence-electron chi connectivity index (χ3n) is 14.2. The molecular formula is C58H111N3O2. The first-order valence-electron chi connectivity index (χ1n) is 28.5. The molecule has 5 nitrogen and oxygen atoms in total. The van der Waals surface area contributed by atoms with Gasteiger partial charge in [0.25, 0.3) is 0 Å². The lowest BCUT2D eigenvalue weighted by Crippen LogP contribution is -2.65. The highest BCUT2D eigenvalue weighted by molar-refractivity contribution is 5.93. The highest BCUT2D eigenvalue weighted by Gasteiger charge is 2.51. The van der Waals surface area contributed by atoms with Crippen molar-refractivity contribution in [3.8, 4) is 0 Å². The number of hydrogen-bond acceptors (Lipinski definition) is 3. The Morgan fingerprint density at radius 1 is 0.476 bits per heavy atom. The number of carbonyl (C=O) groups excluding carboxylic acids is 2. The van der Waals surface area contributed by atoms with Gasteiger partial charge in [-0.1, -0.05) is 231 Å². The van der Waals surface area contributed by atoms with E-state index in [1.54, 1.807) is 0 Å². The number of unbranched alkanes of at least 4 members (excludes halogenated alkanes) is 31. The van der Waals surface area contributed by atoms with Gasteiger partial charge in [-0.2, -0.15) is 0 Å². The Hall–Kier alpha value is -1.62. The third-order valence-corrected chi connectivity index (χ3v) is 14.2. The Labute approximate surface area is 395 Å². The largest absolute Gasteiger partial charge is 0.354 e. The zero-order valence-electron chi connectivity index (χ0n) is 43.4. The van der Waals surface area contributed by atoms with Gasteiger partial charge >= 0.3 is 0 Å². The van der Waals surface area contributed by atoms with Crippen molar-refractivity contribution in [1.29, 1.82) is 0 Å². The molecule has 0 aromatic rings. The van der Waals surface area contributed by atoms with Crippen molar-refractivity contribution in [1.82, 2.24) is 15.1 Å². The maximum Gasteiger partial charge on any atom is 0.245 e. The van der Waals surface area contributed by atoms with Crippen molar-refractivity contribution in [3.05, 3.63) is 24.3 Å². The molecule has 1 rings (SSSR count). The number of hydrogen-bond donors (Lipinski definition) is 1. The normalized spacial score (nSPS) is 13.8. The molecule has 0 aromatic heterocycles. The van der Waals surface area contributed by atoms with Gasteiger partial charge in [0.1, 0.15) is 5.54 Å². The standard InChI is InChI=1S/C58H111N3O2/c1-6-9-12-15-18-21-24-27-28-29-32-35-38-41-44-52-59-57(63)58(50-47-51-58)61(54-46-45-53-60(4)5)56(62)55(48-42-39-36-33-30-25-22-19-16-13-10-7-2)49-43-40-37-34-31-26-23-20-17-14-11-8-3/h18,21,27-28,55H,6-17,19-20,22-26,29-54H2,1-5H3,(H,59,63)/b21-18-,28-27-. The number of carbonyl (C=O) groups is 2. The molecule has 1 saturated carbocycles. The summed E-state index contributed by atoms with van der Waals surface area (Å²) in [6.45, 7) is 9.33. The fourth-order valence-corrected chi connectivity index (χ4v) is 9.74. The van der Waals surface area contributed by atoms with Crippen LogP contribution in [0.3, 0.4) is 0 Å². The fraction of sp³-hybridized carbons (Fsp3) is 0.897. The predicted molar refractivity (Wildman–Crippen MR) is 279 cm³/mol. The highest BCUT2D eigenvalue weighted by atomic mass is 16.2. The van der Waals surface area contributed by atoms with Gasteiger partial charge in [-0.25, -0.2) is 0 Å². The van der Waals surface area contributed by atoms with Crippen LogP contribution in [0.2, 0.25) is 0 Å². The summed E-state index contributed by atoms with van der Waals surface area (Å²) in [7, 11) is 4.27. The summed E-state index contributed by atoms with van der Waals surface area (Å²) in [6, 6.07) is 0. The Kier molecular flexibility index (Phi) is 41.7. The minimum absolute atomic E-state index is 0.0530. The van der Waals surface area contributed by atoms with Crippen molar-refractivity contribution < 1.29 is 9.59 Å². The molecule has 0 spiro atoms. The van der Waals surface area contributed by atoms with Gasteiger partial charge in [-0.05, 0) is 104 Å². The molecule has 0 heterocycles. The van der Waals surface area contributed by atoms with Gasteiger partial charge in [-0.3, -0.25) is 9.59 Å². The van der Waals surface area contributed by atoms with Crippen molar-refractivity contribution in [2.24, 2.45) is 5.92 Å². The van der Waals surface area contributed by atoms with Gasteiger partial charge in [0.2, 0.25) is 11.8 Å². The zero-order valence-corrected chi connectivity index (χ0v) is 43.4. The summed E-state index contributed by atoms with van der Waals surface area (Å²) in [6.07, 6.45) is 61.5. The molecule has 0 radical (unpaired) electrons. The van der Waals surface area contributed by atoms with Gasteiger partial charge in [0.05, 0.1) is 0 Å². The number of amides is 2. The molecule has 0 aromatic carbocycles. The average molecular weight is 883 g/mol. The van der Waals surface area contributed by atoms with E-state index in [4.69, 9.17) is 0 Å². The molecule has 1 fully saturated rings. The Balaban J connectivity index is 2.74. The summed E-state index contributed by atoms with van der Waals surface area (Å²) < 4.78 is 0. The van der Waals surface area contributed by atoms with Crippen LogP contribution in [0, 0.1) is 5.92 Å².